The molecular weight excluding hydrogens is 298 g/mol. The van der Waals surface area contributed by atoms with Gasteiger partial charge in [-0.3, -0.25) is 0 Å². The van der Waals surface area contributed by atoms with Crippen LogP contribution in [0.1, 0.15) is 24.4 Å². The lowest BCUT2D eigenvalue weighted by molar-refractivity contribution is 0.179. The van der Waals surface area contributed by atoms with Crippen LogP contribution in [-0.4, -0.2) is 42.7 Å². The van der Waals surface area contributed by atoms with Gasteiger partial charge in [0.05, 0.1) is 22.9 Å². The highest BCUT2D eigenvalue weighted by atomic mass is 32.1. The summed E-state index contributed by atoms with van der Waals surface area (Å²) < 4.78 is 6.48. The molecule has 1 fully saturated rings. The highest BCUT2D eigenvalue weighted by Crippen LogP contribution is 2.28. The fraction of sp³-hybridized carbons (Fsp3) is 0.500. The van der Waals surface area contributed by atoms with Crippen molar-refractivity contribution in [3.63, 3.8) is 0 Å². The predicted molar refractivity (Wildman–Crippen MR) is 88.1 cm³/mol. The second-order valence-electron chi connectivity index (χ2n) is 5.72. The molecule has 0 radical (unpaired) electrons. The minimum Gasteiger partial charge on any atom is -0.381 e. The summed E-state index contributed by atoms with van der Waals surface area (Å²) in [6.45, 7) is 4.24. The van der Waals surface area contributed by atoms with E-state index in [4.69, 9.17) is 4.74 Å². The van der Waals surface area contributed by atoms with Gasteiger partial charge in [-0.1, -0.05) is 12.1 Å². The largest absolute Gasteiger partial charge is 0.381 e. The quantitative estimate of drug-likeness (QED) is 0.942. The molecule has 0 saturated carbocycles. The Bertz CT molecular complexity index is 619. The van der Waals surface area contributed by atoms with Gasteiger partial charge in [0, 0.05) is 26.1 Å². The van der Waals surface area contributed by atoms with Gasteiger partial charge in [0.1, 0.15) is 5.01 Å². The van der Waals surface area contributed by atoms with Crippen molar-refractivity contribution in [2.45, 2.75) is 19.4 Å². The van der Waals surface area contributed by atoms with Crippen molar-refractivity contribution in [2.75, 3.05) is 26.8 Å². The van der Waals surface area contributed by atoms with Crippen molar-refractivity contribution >= 4 is 27.6 Å². The Balaban J connectivity index is 1.62. The first-order valence-electron chi connectivity index (χ1n) is 7.59. The third-order valence-corrected chi connectivity index (χ3v) is 5.34. The highest BCUT2D eigenvalue weighted by molar-refractivity contribution is 7.18. The van der Waals surface area contributed by atoms with E-state index in [-0.39, 0.29) is 12.1 Å². The van der Waals surface area contributed by atoms with E-state index in [0.29, 0.717) is 12.5 Å². The standard InChI is InChI=1S/C16H21N3O2S/c1-11(15-18-13-5-3-4-6-14(13)22-15)19(2)16(20)17-9-12-7-8-21-10-12/h3-6,11-12H,7-10H2,1-2H3,(H,17,20)/t11-,12-/m0/s1. The van der Waals surface area contributed by atoms with Crippen molar-refractivity contribution in [3.8, 4) is 0 Å². The minimum atomic E-state index is -0.0568. The molecule has 22 heavy (non-hydrogen) atoms. The fourth-order valence-electron chi connectivity index (χ4n) is 2.51. The van der Waals surface area contributed by atoms with Crippen molar-refractivity contribution in [1.29, 1.82) is 0 Å². The lowest BCUT2D eigenvalue weighted by Crippen LogP contribution is -2.40. The van der Waals surface area contributed by atoms with Crippen LogP contribution in [0.25, 0.3) is 10.2 Å². The third kappa shape index (κ3) is 3.23. The number of thiazole rings is 1. The number of hydrogen-bond acceptors (Lipinski definition) is 4. The van der Waals surface area contributed by atoms with E-state index in [1.54, 1.807) is 16.2 Å². The number of fused-ring (bicyclic) bond motifs is 1. The van der Waals surface area contributed by atoms with E-state index >= 15 is 0 Å². The van der Waals surface area contributed by atoms with Gasteiger partial charge in [-0.25, -0.2) is 9.78 Å². The first-order valence-corrected chi connectivity index (χ1v) is 8.40. The van der Waals surface area contributed by atoms with E-state index in [2.05, 4.69) is 16.4 Å². The second kappa shape index (κ2) is 6.62. The summed E-state index contributed by atoms with van der Waals surface area (Å²) >= 11 is 1.64. The summed E-state index contributed by atoms with van der Waals surface area (Å²) in [5.41, 5.74) is 0.992. The Kier molecular flexibility index (Phi) is 4.59. The highest BCUT2D eigenvalue weighted by Gasteiger charge is 2.22. The number of para-hydroxylation sites is 1. The number of carbonyl (C=O) groups excluding carboxylic acids is 1. The van der Waals surface area contributed by atoms with Crippen LogP contribution < -0.4 is 5.32 Å². The topological polar surface area (TPSA) is 54.5 Å². The third-order valence-electron chi connectivity index (χ3n) is 4.14. The molecule has 1 aliphatic rings. The number of hydrogen-bond donors (Lipinski definition) is 1. The number of nitrogens with zero attached hydrogens (tertiary/aromatic N) is 2. The van der Waals surface area contributed by atoms with Gasteiger partial charge >= 0.3 is 6.03 Å². The van der Waals surface area contributed by atoms with Crippen LogP contribution in [0.5, 0.6) is 0 Å². The Labute approximate surface area is 134 Å². The molecule has 1 aliphatic heterocycles. The molecule has 2 heterocycles. The maximum absolute atomic E-state index is 12.3. The van der Waals surface area contributed by atoms with Crippen molar-refractivity contribution in [1.82, 2.24) is 15.2 Å². The average molecular weight is 319 g/mol. The smallest absolute Gasteiger partial charge is 0.317 e. The molecule has 2 amide bonds. The number of nitrogens with one attached hydrogen (secondary N) is 1. The van der Waals surface area contributed by atoms with Gasteiger partial charge in [0.25, 0.3) is 0 Å². The van der Waals surface area contributed by atoms with Crippen LogP contribution >= 0.6 is 11.3 Å². The summed E-state index contributed by atoms with van der Waals surface area (Å²) in [7, 11) is 1.82. The molecule has 1 saturated heterocycles. The minimum absolute atomic E-state index is 0.0442. The second-order valence-corrected chi connectivity index (χ2v) is 6.78. The number of amides is 2. The molecule has 0 spiro atoms. The van der Waals surface area contributed by atoms with Gasteiger partial charge in [-0.05, 0) is 25.5 Å². The lowest BCUT2D eigenvalue weighted by Gasteiger charge is -2.24. The molecule has 2 atom stereocenters. The summed E-state index contributed by atoms with van der Waals surface area (Å²) in [5, 5.41) is 3.95. The molecule has 0 bridgehead atoms. The summed E-state index contributed by atoms with van der Waals surface area (Å²) in [6.07, 6.45) is 1.03. The van der Waals surface area contributed by atoms with Gasteiger partial charge in [-0.2, -0.15) is 0 Å². The maximum atomic E-state index is 12.3. The monoisotopic (exact) mass is 319 g/mol. The summed E-state index contributed by atoms with van der Waals surface area (Å²) in [6, 6.07) is 7.95. The van der Waals surface area contributed by atoms with Crippen LogP contribution in [0.15, 0.2) is 24.3 Å². The average Bonchev–Trinajstić information content (AvgIpc) is 3.19. The first kappa shape index (κ1) is 15.2. The molecule has 1 aromatic heterocycles. The van der Waals surface area contributed by atoms with E-state index in [0.717, 1.165) is 34.9 Å². The van der Waals surface area contributed by atoms with Crippen LogP contribution in [0.2, 0.25) is 0 Å². The molecule has 1 N–H and O–H groups in total. The van der Waals surface area contributed by atoms with Gasteiger partial charge in [0.2, 0.25) is 0 Å². The molecule has 118 valence electrons. The van der Waals surface area contributed by atoms with Crippen molar-refractivity contribution in [2.24, 2.45) is 5.92 Å². The number of aromatic nitrogens is 1. The zero-order chi connectivity index (χ0) is 15.5. The maximum Gasteiger partial charge on any atom is 0.317 e. The van der Waals surface area contributed by atoms with E-state index in [1.165, 1.54) is 0 Å². The molecule has 5 nitrogen and oxygen atoms in total. The van der Waals surface area contributed by atoms with Crippen LogP contribution in [-0.2, 0) is 4.74 Å². The van der Waals surface area contributed by atoms with Crippen molar-refractivity contribution in [3.05, 3.63) is 29.3 Å². The van der Waals surface area contributed by atoms with Crippen molar-refractivity contribution < 1.29 is 9.53 Å². The zero-order valence-electron chi connectivity index (χ0n) is 12.9. The Morgan fingerprint density at radius 2 is 2.36 bits per heavy atom. The Morgan fingerprint density at radius 3 is 3.09 bits per heavy atom. The van der Waals surface area contributed by atoms with Crippen LogP contribution in [0.4, 0.5) is 4.79 Å². The molecule has 0 unspecified atom stereocenters. The number of benzene rings is 1. The first-order chi connectivity index (χ1) is 10.6. The molecule has 1 aromatic carbocycles. The fourth-order valence-corrected chi connectivity index (χ4v) is 3.57. The van der Waals surface area contributed by atoms with E-state index in [9.17, 15) is 4.79 Å². The lowest BCUT2D eigenvalue weighted by atomic mass is 10.1. The zero-order valence-corrected chi connectivity index (χ0v) is 13.7. The summed E-state index contributed by atoms with van der Waals surface area (Å²) in [4.78, 5) is 18.6. The molecule has 2 aromatic rings. The SMILES string of the molecule is C[C@@H](c1nc2ccccc2s1)N(C)C(=O)NC[C@@H]1CCOC1. The number of ether oxygens (including phenoxy) is 1. The molecule has 6 heteroatoms. The van der Waals surface area contributed by atoms with E-state index in [1.807, 2.05) is 32.2 Å². The Morgan fingerprint density at radius 1 is 1.55 bits per heavy atom. The number of urea groups is 1. The molecular formula is C16H21N3O2S. The number of rotatable bonds is 4. The van der Waals surface area contributed by atoms with Gasteiger partial charge in [0.15, 0.2) is 0 Å². The van der Waals surface area contributed by atoms with Crippen LogP contribution in [0.3, 0.4) is 0 Å². The van der Waals surface area contributed by atoms with E-state index < -0.39 is 0 Å². The predicted octanol–water partition coefficient (Wildman–Crippen LogP) is 3.04. The number of carbonyl (C=O) groups is 1. The summed E-state index contributed by atoms with van der Waals surface area (Å²) in [5.74, 6) is 0.440. The Hall–Kier alpha value is -1.66. The molecule has 0 aliphatic carbocycles. The molecule has 3 rings (SSSR count). The van der Waals surface area contributed by atoms with Crippen LogP contribution in [0, 0.1) is 5.92 Å². The van der Waals surface area contributed by atoms with Gasteiger partial charge in [-0.15, -0.1) is 11.3 Å². The van der Waals surface area contributed by atoms with Gasteiger partial charge < -0.3 is 15.0 Å². The normalized spacial score (nSPS) is 19.3.